The minimum absolute atomic E-state index is 1.09. The average molecular weight is 1140 g/mol. The average Bonchev–Trinajstić information content (AvgIpc) is 0.694. The minimum atomic E-state index is 1.09. The summed E-state index contributed by atoms with van der Waals surface area (Å²) in [7, 11) is 0. The number of rotatable bonds is 12. The van der Waals surface area contributed by atoms with Crippen LogP contribution in [0.5, 0.6) is 0 Å². The van der Waals surface area contributed by atoms with E-state index >= 15 is 0 Å². The van der Waals surface area contributed by atoms with Crippen molar-refractivity contribution in [1.82, 2.24) is 0 Å². The molecule has 0 heterocycles. The van der Waals surface area contributed by atoms with E-state index in [0.29, 0.717) is 0 Å². The fourth-order valence-corrected chi connectivity index (χ4v) is 14.5. The number of para-hydroxylation sites is 4. The molecule has 0 fully saturated rings. The van der Waals surface area contributed by atoms with Crippen LogP contribution in [0, 0.1) is 0 Å². The molecule has 0 N–H and O–H groups in total. The van der Waals surface area contributed by atoms with Crippen LogP contribution in [0.15, 0.2) is 352 Å². The molecule has 0 saturated carbocycles. The van der Waals surface area contributed by atoms with Gasteiger partial charge in [-0.2, -0.15) is 0 Å². The summed E-state index contributed by atoms with van der Waals surface area (Å²) in [5, 5.41) is 14.7. The fourth-order valence-electron chi connectivity index (χ4n) is 14.5. The van der Waals surface area contributed by atoms with Crippen LogP contribution in [0.1, 0.15) is 0 Å². The number of hydrogen-bond acceptors (Lipinski definition) is 2. The zero-order valence-electron chi connectivity index (χ0n) is 49.4. The molecule has 0 aliphatic carbocycles. The molecule has 0 amide bonds. The van der Waals surface area contributed by atoms with Gasteiger partial charge in [0.1, 0.15) is 0 Å². The third-order valence-corrected chi connectivity index (χ3v) is 18.3. The lowest BCUT2D eigenvalue weighted by Crippen LogP contribution is -2.09. The Labute approximate surface area is 524 Å². The highest BCUT2D eigenvalue weighted by atomic mass is 15.1. The summed E-state index contributed by atoms with van der Waals surface area (Å²) < 4.78 is 0. The lowest BCUT2D eigenvalue weighted by Gasteiger charge is -2.27. The zero-order chi connectivity index (χ0) is 59.5. The van der Waals surface area contributed by atoms with Crippen molar-refractivity contribution < 1.29 is 0 Å². The van der Waals surface area contributed by atoms with E-state index in [1.165, 1.54) is 120 Å². The fraction of sp³-hybridized carbons (Fsp3) is 0. The molecule has 0 spiro atoms. The molecular formula is C88H58N2. The van der Waals surface area contributed by atoms with Crippen LogP contribution in [0.4, 0.5) is 34.1 Å². The van der Waals surface area contributed by atoms with Crippen molar-refractivity contribution in [3.8, 4) is 66.8 Å². The van der Waals surface area contributed by atoms with Crippen molar-refractivity contribution in [3.63, 3.8) is 0 Å². The molecule has 0 saturated heterocycles. The van der Waals surface area contributed by atoms with Crippen LogP contribution in [0.25, 0.3) is 131 Å². The van der Waals surface area contributed by atoms with Gasteiger partial charge in [0.15, 0.2) is 0 Å². The summed E-state index contributed by atoms with van der Waals surface area (Å²) in [6.07, 6.45) is 0. The molecule has 90 heavy (non-hydrogen) atoms. The molecule has 17 aromatic carbocycles. The standard InChI is InChI=1S/C88H58N2/c1-9-28-61(29-10-1)81-74-47-27-46-73-76(60-50-54-70(55-51-60)90(67-40-21-7-22-41-67)68-42-23-8-24-43-68)57-80-87(85(73)74)78(82(81)62-30-11-2-12-31-62)58-79-84(64-34-15-4-16-35-64)83(63-32-13-3-14-33-63)77-56-75(71-44-25-26-45-72(71)86(77)88(79)80)59-48-52-69(53-49-59)89(65-36-17-5-18-37-65)66-38-19-6-20-39-66/h1-58H. The van der Waals surface area contributed by atoms with Gasteiger partial charge in [-0.3, -0.25) is 0 Å². The molecule has 0 radical (unpaired) electrons. The van der Waals surface area contributed by atoms with E-state index in [0.717, 1.165) is 45.3 Å². The highest BCUT2D eigenvalue weighted by molar-refractivity contribution is 6.43. The largest absolute Gasteiger partial charge is 0.311 e. The second kappa shape index (κ2) is 22.1. The normalized spacial score (nSPS) is 11.6. The Balaban J connectivity index is 1.03. The SMILES string of the molecule is c1ccc(-c2c(-c3ccccc3)c3cc4c(-c5ccccc5)c(-c5ccccc5)c5cc(-c6ccc(N(c7ccccc7)c7ccccc7)cc6)c6ccccc6c5c4c4cc(-c5ccc(N(c6ccccc6)c6ccccc6)cc5)c5cccc2c5c34)cc1. The van der Waals surface area contributed by atoms with E-state index in [9.17, 15) is 0 Å². The van der Waals surface area contributed by atoms with Crippen molar-refractivity contribution >= 4 is 98.8 Å². The second-order valence-corrected chi connectivity index (χ2v) is 23.4. The van der Waals surface area contributed by atoms with Crippen LogP contribution in [0.3, 0.4) is 0 Å². The van der Waals surface area contributed by atoms with Crippen LogP contribution < -0.4 is 9.80 Å². The highest BCUT2D eigenvalue weighted by Gasteiger charge is 2.29. The molecule has 2 nitrogen and oxygen atoms in total. The predicted octanol–water partition coefficient (Wildman–Crippen LogP) is 25.0. The Morgan fingerprint density at radius 2 is 0.400 bits per heavy atom. The van der Waals surface area contributed by atoms with Gasteiger partial charge in [0.25, 0.3) is 0 Å². The van der Waals surface area contributed by atoms with Crippen molar-refractivity contribution in [2.45, 2.75) is 0 Å². The number of hydrogen-bond donors (Lipinski definition) is 0. The Kier molecular flexibility index (Phi) is 12.9. The summed E-state index contributed by atoms with van der Waals surface area (Å²) >= 11 is 0. The summed E-state index contributed by atoms with van der Waals surface area (Å²) in [6.45, 7) is 0. The first-order valence-corrected chi connectivity index (χ1v) is 31.1. The van der Waals surface area contributed by atoms with E-state index in [1.807, 2.05) is 0 Å². The molecular weight excluding hydrogens is 1080 g/mol. The summed E-state index contributed by atoms with van der Waals surface area (Å²) in [5.41, 5.74) is 20.9. The second-order valence-electron chi connectivity index (χ2n) is 23.4. The molecule has 420 valence electrons. The summed E-state index contributed by atoms with van der Waals surface area (Å²) in [5.74, 6) is 0. The minimum Gasteiger partial charge on any atom is -0.311 e. The molecule has 0 bridgehead atoms. The number of anilines is 6. The van der Waals surface area contributed by atoms with Gasteiger partial charge in [-0.05, 0) is 222 Å². The first-order chi connectivity index (χ1) is 44.7. The predicted molar refractivity (Wildman–Crippen MR) is 385 cm³/mol. The van der Waals surface area contributed by atoms with E-state index in [2.05, 4.69) is 362 Å². The Bertz CT molecular complexity index is 5370. The van der Waals surface area contributed by atoms with E-state index in [1.54, 1.807) is 0 Å². The van der Waals surface area contributed by atoms with E-state index < -0.39 is 0 Å². The maximum Gasteiger partial charge on any atom is 0.0462 e. The summed E-state index contributed by atoms with van der Waals surface area (Å²) in [6, 6.07) is 130. The van der Waals surface area contributed by atoms with Gasteiger partial charge in [-0.15, -0.1) is 0 Å². The van der Waals surface area contributed by atoms with Crippen molar-refractivity contribution in [1.29, 1.82) is 0 Å². The van der Waals surface area contributed by atoms with Gasteiger partial charge in [0.2, 0.25) is 0 Å². The zero-order valence-corrected chi connectivity index (χ0v) is 49.4. The first kappa shape index (κ1) is 52.5. The van der Waals surface area contributed by atoms with Crippen molar-refractivity contribution in [2.75, 3.05) is 9.80 Å². The van der Waals surface area contributed by atoms with Crippen LogP contribution in [-0.4, -0.2) is 0 Å². The Hall–Kier alpha value is -11.8. The third kappa shape index (κ3) is 8.80. The van der Waals surface area contributed by atoms with Gasteiger partial charge in [0.05, 0.1) is 0 Å². The number of benzene rings is 17. The lowest BCUT2D eigenvalue weighted by molar-refractivity contribution is 1.28. The number of fused-ring (bicyclic) bond motifs is 6. The molecule has 17 aromatic rings. The van der Waals surface area contributed by atoms with Crippen molar-refractivity contribution in [2.24, 2.45) is 0 Å². The smallest absolute Gasteiger partial charge is 0.0462 e. The molecule has 0 unspecified atom stereocenters. The molecule has 2 heteroatoms. The van der Waals surface area contributed by atoms with Gasteiger partial charge in [0, 0.05) is 34.1 Å². The van der Waals surface area contributed by atoms with Crippen LogP contribution in [0.2, 0.25) is 0 Å². The van der Waals surface area contributed by atoms with Gasteiger partial charge in [-0.1, -0.05) is 261 Å². The quantitative estimate of drug-likeness (QED) is 0.0889. The molecule has 0 atom stereocenters. The number of nitrogens with zero attached hydrogens (tertiary/aromatic N) is 2. The third-order valence-electron chi connectivity index (χ3n) is 18.3. The topological polar surface area (TPSA) is 6.48 Å². The monoisotopic (exact) mass is 1140 g/mol. The van der Waals surface area contributed by atoms with Crippen LogP contribution in [-0.2, 0) is 0 Å². The van der Waals surface area contributed by atoms with Crippen molar-refractivity contribution in [3.05, 3.63) is 352 Å². The maximum absolute atomic E-state index is 2.59. The maximum atomic E-state index is 2.59. The van der Waals surface area contributed by atoms with Gasteiger partial charge >= 0.3 is 0 Å². The van der Waals surface area contributed by atoms with E-state index in [-0.39, 0.29) is 0 Å². The Morgan fingerprint density at radius 1 is 0.144 bits per heavy atom. The molecule has 0 aliphatic heterocycles. The lowest BCUT2D eigenvalue weighted by atomic mass is 9.76. The van der Waals surface area contributed by atoms with E-state index in [4.69, 9.17) is 0 Å². The summed E-state index contributed by atoms with van der Waals surface area (Å²) in [4.78, 5) is 4.69. The molecule has 17 rings (SSSR count). The first-order valence-electron chi connectivity index (χ1n) is 31.1. The van der Waals surface area contributed by atoms with Gasteiger partial charge in [-0.25, -0.2) is 0 Å². The molecule has 0 aromatic heterocycles. The van der Waals surface area contributed by atoms with Gasteiger partial charge < -0.3 is 9.80 Å². The highest BCUT2D eigenvalue weighted by Crippen LogP contribution is 2.56. The molecule has 0 aliphatic rings. The van der Waals surface area contributed by atoms with Crippen LogP contribution >= 0.6 is 0 Å². The Morgan fingerprint density at radius 3 is 0.789 bits per heavy atom.